The minimum absolute atomic E-state index is 0.0228. The van der Waals surface area contributed by atoms with E-state index in [1.54, 1.807) is 45.0 Å². The second-order valence-corrected chi connectivity index (χ2v) is 12.4. The summed E-state index contributed by atoms with van der Waals surface area (Å²) >= 11 is 0. The van der Waals surface area contributed by atoms with Gasteiger partial charge in [-0.15, -0.1) is 4.41 Å². The number of sulfonamides is 1. The van der Waals surface area contributed by atoms with Crippen molar-refractivity contribution < 1.29 is 27.1 Å². The molecule has 1 heterocycles. The van der Waals surface area contributed by atoms with E-state index in [1.165, 1.54) is 12.1 Å². The molecule has 0 bridgehead atoms. The molecule has 41 heavy (non-hydrogen) atoms. The van der Waals surface area contributed by atoms with Crippen LogP contribution in [0.5, 0.6) is 0 Å². The lowest BCUT2D eigenvalue weighted by Crippen LogP contribution is -2.54. The molecule has 1 aliphatic rings. The Morgan fingerprint density at radius 3 is 2.41 bits per heavy atom. The van der Waals surface area contributed by atoms with Crippen molar-refractivity contribution in [1.82, 2.24) is 14.7 Å². The van der Waals surface area contributed by atoms with Crippen molar-refractivity contribution in [2.24, 2.45) is 0 Å². The van der Waals surface area contributed by atoms with Gasteiger partial charge < -0.3 is 10.1 Å². The van der Waals surface area contributed by atoms with Gasteiger partial charge in [0.15, 0.2) is 0 Å². The van der Waals surface area contributed by atoms with Crippen molar-refractivity contribution in [3.05, 3.63) is 89.7 Å². The number of halogens is 1. The van der Waals surface area contributed by atoms with E-state index in [1.807, 2.05) is 24.3 Å². The zero-order valence-corrected chi connectivity index (χ0v) is 23.8. The van der Waals surface area contributed by atoms with E-state index < -0.39 is 39.5 Å². The van der Waals surface area contributed by atoms with Gasteiger partial charge in [-0.25, -0.2) is 27.4 Å². The van der Waals surface area contributed by atoms with Crippen molar-refractivity contribution in [1.29, 1.82) is 5.26 Å². The molecular formula is C30H31FN4O5S. The number of urea groups is 1. The third-order valence-electron chi connectivity index (χ3n) is 6.34. The molecule has 1 N–H and O–H groups in total. The number of amides is 2. The summed E-state index contributed by atoms with van der Waals surface area (Å²) in [4.78, 5) is 26.3. The van der Waals surface area contributed by atoms with E-state index in [9.17, 15) is 27.7 Å². The summed E-state index contributed by atoms with van der Waals surface area (Å²) in [6, 6.07) is 19.3. The van der Waals surface area contributed by atoms with E-state index in [-0.39, 0.29) is 24.4 Å². The quantitative estimate of drug-likeness (QED) is 0.408. The minimum atomic E-state index is -4.22. The van der Waals surface area contributed by atoms with Gasteiger partial charge in [0.2, 0.25) is 0 Å². The highest BCUT2D eigenvalue weighted by Crippen LogP contribution is 2.25. The number of nitrogens with one attached hydrogen (secondary N) is 1. The highest BCUT2D eigenvalue weighted by atomic mass is 32.2. The Labute approximate surface area is 239 Å². The molecule has 0 unspecified atom stereocenters. The predicted octanol–water partition coefficient (Wildman–Crippen LogP) is 4.64. The first-order chi connectivity index (χ1) is 19.4. The van der Waals surface area contributed by atoms with Crippen LogP contribution < -0.4 is 5.32 Å². The maximum absolute atomic E-state index is 13.8. The number of hydrazine groups is 1. The Morgan fingerprint density at radius 2 is 1.76 bits per heavy atom. The summed E-state index contributed by atoms with van der Waals surface area (Å²) in [5.74, 6) is -1.39. The molecule has 2 amide bonds. The molecule has 0 saturated carbocycles. The summed E-state index contributed by atoms with van der Waals surface area (Å²) in [7, 11) is -4.22. The number of ether oxygens (including phenoxy) is 1. The second kappa shape index (κ2) is 12.1. The number of carbonyl (C=O) groups excluding carboxylic acids is 2. The predicted molar refractivity (Wildman–Crippen MR) is 150 cm³/mol. The smallest absolute Gasteiger partial charge is 0.333 e. The van der Waals surface area contributed by atoms with Crippen LogP contribution in [-0.2, 0) is 26.0 Å². The normalized spacial score (nSPS) is 14.8. The Balaban J connectivity index is 1.56. The topological polar surface area (TPSA) is 120 Å². The van der Waals surface area contributed by atoms with Gasteiger partial charge in [-0.3, -0.25) is 0 Å². The molecule has 1 fully saturated rings. The lowest BCUT2D eigenvalue weighted by molar-refractivity contribution is -0.157. The fraction of sp³-hybridized carbons (Fsp3) is 0.300. The van der Waals surface area contributed by atoms with Gasteiger partial charge in [-0.2, -0.15) is 5.26 Å². The number of hydrogen-bond acceptors (Lipinski definition) is 6. The number of esters is 1. The van der Waals surface area contributed by atoms with Gasteiger partial charge in [0.05, 0.1) is 16.5 Å². The monoisotopic (exact) mass is 578 g/mol. The Bertz CT molecular complexity index is 1580. The molecule has 1 atom stereocenters. The first-order valence-electron chi connectivity index (χ1n) is 13.1. The maximum Gasteiger partial charge on any atom is 0.333 e. The SMILES string of the molecule is CC(C)(C)OC(=O)[C@H](Cc1ccc(-c2ccccc2C#N)cc1)NC(=O)N1CCCN1S(=O)(=O)c1cccc(F)c1. The number of benzene rings is 3. The average Bonchev–Trinajstić information content (AvgIpc) is 3.43. The number of nitriles is 1. The van der Waals surface area contributed by atoms with Gasteiger partial charge in [-0.1, -0.05) is 48.5 Å². The van der Waals surface area contributed by atoms with Crippen molar-refractivity contribution in [3.8, 4) is 17.2 Å². The highest BCUT2D eigenvalue weighted by molar-refractivity contribution is 7.89. The summed E-state index contributed by atoms with van der Waals surface area (Å²) in [5.41, 5.74) is 2.00. The molecular weight excluding hydrogens is 547 g/mol. The first-order valence-corrected chi connectivity index (χ1v) is 14.5. The molecule has 0 aromatic heterocycles. The van der Waals surface area contributed by atoms with Crippen LogP contribution in [-0.4, -0.2) is 54.6 Å². The second-order valence-electron chi connectivity index (χ2n) is 10.6. The average molecular weight is 579 g/mol. The first kappa shape index (κ1) is 29.7. The van der Waals surface area contributed by atoms with Crippen LogP contribution in [0.4, 0.5) is 9.18 Å². The van der Waals surface area contributed by atoms with E-state index in [4.69, 9.17) is 4.74 Å². The van der Waals surface area contributed by atoms with Crippen LogP contribution in [0.2, 0.25) is 0 Å². The summed E-state index contributed by atoms with van der Waals surface area (Å²) < 4.78 is 46.6. The van der Waals surface area contributed by atoms with Gasteiger partial charge >= 0.3 is 12.0 Å². The molecule has 1 saturated heterocycles. The van der Waals surface area contributed by atoms with Gasteiger partial charge in [0.25, 0.3) is 10.0 Å². The Kier molecular flexibility index (Phi) is 8.75. The third-order valence-corrected chi connectivity index (χ3v) is 8.12. The highest BCUT2D eigenvalue weighted by Gasteiger charge is 2.38. The number of carbonyl (C=O) groups is 2. The van der Waals surface area contributed by atoms with Crippen molar-refractivity contribution in [2.75, 3.05) is 13.1 Å². The lowest BCUT2D eigenvalue weighted by atomic mass is 9.97. The van der Waals surface area contributed by atoms with Gasteiger partial charge in [-0.05, 0) is 68.1 Å². The summed E-state index contributed by atoms with van der Waals surface area (Å²) in [6.07, 6.45) is 0.440. The van der Waals surface area contributed by atoms with Crippen molar-refractivity contribution in [2.45, 2.75) is 50.2 Å². The molecule has 3 aromatic rings. The minimum Gasteiger partial charge on any atom is -0.458 e. The van der Waals surface area contributed by atoms with Crippen LogP contribution in [0.1, 0.15) is 38.3 Å². The zero-order valence-electron chi connectivity index (χ0n) is 23.0. The van der Waals surface area contributed by atoms with Crippen LogP contribution in [0.25, 0.3) is 11.1 Å². The molecule has 9 nitrogen and oxygen atoms in total. The molecule has 0 aliphatic carbocycles. The molecule has 11 heteroatoms. The van der Waals surface area contributed by atoms with Gasteiger partial charge in [0.1, 0.15) is 17.5 Å². The fourth-order valence-corrected chi connectivity index (χ4v) is 6.01. The summed E-state index contributed by atoms with van der Waals surface area (Å²) in [5, 5.41) is 13.1. The van der Waals surface area contributed by atoms with Crippen LogP contribution in [0, 0.1) is 17.1 Å². The van der Waals surface area contributed by atoms with Crippen molar-refractivity contribution >= 4 is 22.0 Å². The molecule has 0 spiro atoms. The lowest BCUT2D eigenvalue weighted by Gasteiger charge is -2.30. The third kappa shape index (κ3) is 7.09. The zero-order chi connectivity index (χ0) is 29.8. The van der Waals surface area contributed by atoms with Crippen LogP contribution in [0.3, 0.4) is 0 Å². The maximum atomic E-state index is 13.8. The molecule has 4 rings (SSSR count). The number of hydrogen-bond donors (Lipinski definition) is 1. The Hall–Kier alpha value is -4.27. The van der Waals surface area contributed by atoms with Crippen molar-refractivity contribution in [3.63, 3.8) is 0 Å². The van der Waals surface area contributed by atoms with Crippen LogP contribution in [0.15, 0.2) is 77.7 Å². The Morgan fingerprint density at radius 1 is 1.05 bits per heavy atom. The standard InChI is InChI=1S/C30H31FN4O5S/c1-30(2,3)40-28(36)27(18-21-12-14-22(15-13-21)26-11-5-4-8-23(26)20-32)33-29(37)34-16-7-17-35(34)41(38,39)25-10-6-9-24(31)19-25/h4-6,8-15,19,27H,7,16-18H2,1-3H3,(H,33,37)/t27-/m0/s1. The van der Waals surface area contributed by atoms with E-state index in [0.29, 0.717) is 17.5 Å². The van der Waals surface area contributed by atoms with E-state index in [0.717, 1.165) is 32.7 Å². The molecule has 1 aliphatic heterocycles. The molecule has 0 radical (unpaired) electrons. The largest absolute Gasteiger partial charge is 0.458 e. The van der Waals surface area contributed by atoms with Crippen LogP contribution >= 0.6 is 0 Å². The van der Waals surface area contributed by atoms with E-state index >= 15 is 0 Å². The van der Waals surface area contributed by atoms with Gasteiger partial charge in [0, 0.05) is 19.5 Å². The van der Waals surface area contributed by atoms with E-state index in [2.05, 4.69) is 11.4 Å². The summed E-state index contributed by atoms with van der Waals surface area (Å²) in [6.45, 7) is 5.24. The molecule has 3 aromatic carbocycles. The molecule has 214 valence electrons. The number of nitrogens with zero attached hydrogens (tertiary/aromatic N) is 3. The number of rotatable bonds is 7. The fourth-order valence-electron chi connectivity index (χ4n) is 4.47.